The van der Waals surface area contributed by atoms with Crippen molar-refractivity contribution in [2.75, 3.05) is 31.6 Å². The summed E-state index contributed by atoms with van der Waals surface area (Å²) in [5.41, 5.74) is 1.30. The number of nitrogens with one attached hydrogen (secondary N) is 1. The van der Waals surface area contributed by atoms with E-state index in [1.54, 1.807) is 23.9 Å². The predicted molar refractivity (Wildman–Crippen MR) is 118 cm³/mol. The van der Waals surface area contributed by atoms with Gasteiger partial charge in [0.2, 0.25) is 5.95 Å². The predicted octanol–water partition coefficient (Wildman–Crippen LogP) is 3.36. The Hall–Kier alpha value is -2.84. The molecular formula is C23H31N5O3. The van der Waals surface area contributed by atoms with Crippen molar-refractivity contribution in [1.82, 2.24) is 19.7 Å². The van der Waals surface area contributed by atoms with Gasteiger partial charge in [-0.05, 0) is 62.2 Å². The van der Waals surface area contributed by atoms with E-state index >= 15 is 0 Å². The van der Waals surface area contributed by atoms with Crippen LogP contribution in [-0.2, 0) is 13.6 Å². The third-order valence-electron chi connectivity index (χ3n) is 5.46. The van der Waals surface area contributed by atoms with Crippen LogP contribution in [0.15, 0.2) is 47.1 Å². The Bertz CT molecular complexity index is 935. The lowest BCUT2D eigenvalue weighted by Crippen LogP contribution is -2.29. The third-order valence-corrected chi connectivity index (χ3v) is 5.46. The number of ether oxygens (including phenoxy) is 1. The number of hydrogen-bond acceptors (Lipinski definition) is 7. The topological polar surface area (TPSA) is 88.6 Å². The van der Waals surface area contributed by atoms with Crippen molar-refractivity contribution in [2.45, 2.75) is 38.3 Å². The SMILES string of the molecule is Cn1nc(C(O)c2ccco2)nc1NCCCOc1cccc(CN2CCCCC2)c1. The molecule has 0 radical (unpaired) electrons. The van der Waals surface area contributed by atoms with Crippen molar-refractivity contribution in [2.24, 2.45) is 7.05 Å². The molecule has 8 nitrogen and oxygen atoms in total. The Labute approximate surface area is 182 Å². The van der Waals surface area contributed by atoms with Crippen molar-refractivity contribution in [3.63, 3.8) is 0 Å². The number of furan rings is 1. The number of aliphatic hydroxyl groups excluding tert-OH is 1. The highest BCUT2D eigenvalue weighted by Crippen LogP contribution is 2.21. The Kier molecular flexibility index (Phi) is 7.22. The second-order valence-electron chi connectivity index (χ2n) is 7.95. The van der Waals surface area contributed by atoms with Crippen LogP contribution in [0.1, 0.15) is 48.9 Å². The van der Waals surface area contributed by atoms with Crippen molar-refractivity contribution in [3.8, 4) is 5.75 Å². The maximum absolute atomic E-state index is 10.3. The molecule has 4 rings (SSSR count). The van der Waals surface area contributed by atoms with Crippen LogP contribution in [0.2, 0.25) is 0 Å². The fourth-order valence-corrected chi connectivity index (χ4v) is 3.82. The smallest absolute Gasteiger partial charge is 0.221 e. The van der Waals surface area contributed by atoms with Crippen LogP contribution in [0.5, 0.6) is 5.75 Å². The van der Waals surface area contributed by atoms with Crippen molar-refractivity contribution in [3.05, 3.63) is 59.8 Å². The molecule has 2 N–H and O–H groups in total. The molecule has 1 fully saturated rings. The standard InChI is InChI=1S/C23H31N5O3/c1-27-23(25-22(26-27)21(29)20-10-6-14-31-20)24-11-7-15-30-19-9-5-8-18(16-19)17-28-12-3-2-4-13-28/h5-6,8-10,14,16,21,29H,2-4,7,11-13,15,17H2,1H3,(H,24,25,26). The first-order chi connectivity index (χ1) is 15.2. The molecule has 1 saturated heterocycles. The summed E-state index contributed by atoms with van der Waals surface area (Å²) in [4.78, 5) is 6.89. The summed E-state index contributed by atoms with van der Waals surface area (Å²) < 4.78 is 12.8. The number of piperidine rings is 1. The van der Waals surface area contributed by atoms with Gasteiger partial charge in [-0.25, -0.2) is 4.68 Å². The molecule has 8 heteroatoms. The molecule has 0 saturated carbocycles. The number of likely N-dealkylation sites (tertiary alicyclic amines) is 1. The van der Waals surface area contributed by atoms with Gasteiger partial charge in [-0.15, -0.1) is 0 Å². The molecule has 0 spiro atoms. The number of aromatic nitrogens is 3. The van der Waals surface area contributed by atoms with E-state index in [0.29, 0.717) is 30.7 Å². The summed E-state index contributed by atoms with van der Waals surface area (Å²) in [6.45, 7) is 4.69. The monoisotopic (exact) mass is 425 g/mol. The fraction of sp³-hybridized carbons (Fsp3) is 0.478. The van der Waals surface area contributed by atoms with Gasteiger partial charge in [0.1, 0.15) is 11.5 Å². The van der Waals surface area contributed by atoms with E-state index < -0.39 is 6.10 Å². The van der Waals surface area contributed by atoms with Crippen LogP contribution in [0.3, 0.4) is 0 Å². The van der Waals surface area contributed by atoms with E-state index in [0.717, 1.165) is 18.7 Å². The Morgan fingerprint density at radius 1 is 1.19 bits per heavy atom. The van der Waals surface area contributed by atoms with E-state index in [4.69, 9.17) is 9.15 Å². The Morgan fingerprint density at radius 3 is 2.87 bits per heavy atom. The molecule has 31 heavy (non-hydrogen) atoms. The minimum atomic E-state index is -0.975. The van der Waals surface area contributed by atoms with Crippen LogP contribution < -0.4 is 10.1 Å². The number of anilines is 1. The summed E-state index contributed by atoms with van der Waals surface area (Å²) in [5, 5.41) is 17.8. The third kappa shape index (κ3) is 5.86. The van der Waals surface area contributed by atoms with Gasteiger partial charge in [-0.3, -0.25) is 4.90 Å². The fourth-order valence-electron chi connectivity index (χ4n) is 3.82. The second-order valence-corrected chi connectivity index (χ2v) is 7.95. The van der Waals surface area contributed by atoms with E-state index in [-0.39, 0.29) is 0 Å². The zero-order chi connectivity index (χ0) is 21.5. The number of nitrogens with zero attached hydrogens (tertiary/aromatic N) is 4. The summed E-state index contributed by atoms with van der Waals surface area (Å²) >= 11 is 0. The summed E-state index contributed by atoms with van der Waals surface area (Å²) in [5.74, 6) is 2.25. The lowest BCUT2D eigenvalue weighted by atomic mass is 10.1. The van der Waals surface area contributed by atoms with Gasteiger partial charge < -0.3 is 19.6 Å². The maximum Gasteiger partial charge on any atom is 0.221 e. The maximum atomic E-state index is 10.3. The Morgan fingerprint density at radius 2 is 2.06 bits per heavy atom. The molecule has 0 amide bonds. The summed E-state index contributed by atoms with van der Waals surface area (Å²) in [6, 6.07) is 11.8. The second kappa shape index (κ2) is 10.5. The lowest BCUT2D eigenvalue weighted by Gasteiger charge is -2.26. The molecule has 3 heterocycles. The van der Waals surface area contributed by atoms with Gasteiger partial charge in [0, 0.05) is 20.1 Å². The molecule has 1 aromatic carbocycles. The molecule has 1 atom stereocenters. The van der Waals surface area contributed by atoms with E-state index in [1.165, 1.54) is 44.2 Å². The number of hydrogen-bond donors (Lipinski definition) is 2. The van der Waals surface area contributed by atoms with Crippen LogP contribution in [0.25, 0.3) is 0 Å². The van der Waals surface area contributed by atoms with Gasteiger partial charge in [0.25, 0.3) is 0 Å². The van der Waals surface area contributed by atoms with Crippen molar-refractivity contribution in [1.29, 1.82) is 0 Å². The molecule has 1 unspecified atom stereocenters. The molecule has 1 aliphatic heterocycles. The molecule has 3 aromatic rings. The minimum absolute atomic E-state index is 0.307. The molecule has 1 aliphatic rings. The van der Waals surface area contributed by atoms with Gasteiger partial charge in [0.15, 0.2) is 11.9 Å². The largest absolute Gasteiger partial charge is 0.494 e. The molecule has 166 valence electrons. The average molecular weight is 426 g/mol. The Balaban J connectivity index is 1.20. The first kappa shape index (κ1) is 21.4. The van der Waals surface area contributed by atoms with Gasteiger partial charge >= 0.3 is 0 Å². The van der Waals surface area contributed by atoms with Gasteiger partial charge in [-0.1, -0.05) is 18.6 Å². The molecule has 2 aromatic heterocycles. The zero-order valence-electron chi connectivity index (χ0n) is 18.0. The quantitative estimate of drug-likeness (QED) is 0.482. The zero-order valence-corrected chi connectivity index (χ0v) is 18.0. The van der Waals surface area contributed by atoms with Crippen LogP contribution >= 0.6 is 0 Å². The van der Waals surface area contributed by atoms with E-state index in [9.17, 15) is 5.11 Å². The van der Waals surface area contributed by atoms with Crippen molar-refractivity contribution >= 4 is 5.95 Å². The first-order valence-corrected chi connectivity index (χ1v) is 11.0. The van der Waals surface area contributed by atoms with E-state index in [2.05, 4.69) is 38.5 Å². The number of rotatable bonds is 10. The summed E-state index contributed by atoms with van der Waals surface area (Å²) in [7, 11) is 1.79. The van der Waals surface area contributed by atoms with Crippen LogP contribution in [0.4, 0.5) is 5.95 Å². The highest BCUT2D eigenvalue weighted by atomic mass is 16.5. The first-order valence-electron chi connectivity index (χ1n) is 11.0. The average Bonchev–Trinajstić information content (AvgIpc) is 3.44. The van der Waals surface area contributed by atoms with Crippen molar-refractivity contribution < 1.29 is 14.3 Å². The number of aryl methyl sites for hydroxylation is 1. The van der Waals surface area contributed by atoms with Gasteiger partial charge in [-0.2, -0.15) is 10.1 Å². The molecule has 0 bridgehead atoms. The number of aliphatic hydroxyl groups is 1. The highest BCUT2D eigenvalue weighted by Gasteiger charge is 2.19. The molecular weight excluding hydrogens is 394 g/mol. The summed E-state index contributed by atoms with van der Waals surface area (Å²) in [6.07, 6.45) is 5.32. The van der Waals surface area contributed by atoms with Gasteiger partial charge in [0.05, 0.1) is 12.9 Å². The highest BCUT2D eigenvalue weighted by molar-refractivity contribution is 5.29. The minimum Gasteiger partial charge on any atom is -0.494 e. The van der Waals surface area contributed by atoms with E-state index in [1.807, 2.05) is 6.07 Å². The lowest BCUT2D eigenvalue weighted by molar-refractivity contribution is 0.180. The van der Waals surface area contributed by atoms with Crippen LogP contribution in [0, 0.1) is 0 Å². The normalized spacial score (nSPS) is 15.7. The molecule has 0 aliphatic carbocycles. The van der Waals surface area contributed by atoms with Crippen LogP contribution in [-0.4, -0.2) is 51.0 Å². The number of benzene rings is 1.